The Morgan fingerprint density at radius 2 is 2.17 bits per heavy atom. The van der Waals surface area contributed by atoms with Crippen molar-refractivity contribution in [2.75, 3.05) is 0 Å². The standard InChI is InChI=1S/C16H16Cl2N4O2/c1-10-8-21(24-9-23)22(15(10)16-19-5-6-20-16)11(2)12-3-4-13(17)14(18)7-12/h3-9,11,15H,1-2H3,(H,19,20). The highest BCUT2D eigenvalue weighted by Gasteiger charge is 2.39. The molecule has 24 heavy (non-hydrogen) atoms. The number of carbonyl (C=O) groups excluding carboxylic acids is 1. The van der Waals surface area contributed by atoms with Crippen LogP contribution < -0.4 is 0 Å². The topological polar surface area (TPSA) is 61.5 Å². The lowest BCUT2D eigenvalue weighted by Gasteiger charge is -2.35. The number of hydrogen-bond donors (Lipinski definition) is 1. The van der Waals surface area contributed by atoms with Crippen LogP contribution >= 0.6 is 23.2 Å². The number of benzene rings is 1. The summed E-state index contributed by atoms with van der Waals surface area (Å²) in [5.74, 6) is 0.757. The quantitative estimate of drug-likeness (QED) is 0.808. The molecule has 8 heteroatoms. The molecule has 1 aliphatic heterocycles. The Labute approximate surface area is 149 Å². The zero-order chi connectivity index (χ0) is 17.3. The fourth-order valence-electron chi connectivity index (χ4n) is 2.85. The summed E-state index contributed by atoms with van der Waals surface area (Å²) in [6.07, 6.45) is 5.21. The maximum absolute atomic E-state index is 10.9. The van der Waals surface area contributed by atoms with E-state index in [4.69, 9.17) is 28.0 Å². The second-order valence-electron chi connectivity index (χ2n) is 5.48. The highest BCUT2D eigenvalue weighted by atomic mass is 35.5. The molecule has 0 radical (unpaired) electrons. The molecule has 0 amide bonds. The van der Waals surface area contributed by atoms with E-state index in [1.165, 1.54) is 5.17 Å². The van der Waals surface area contributed by atoms with E-state index in [0.717, 1.165) is 17.0 Å². The summed E-state index contributed by atoms with van der Waals surface area (Å²) in [4.78, 5) is 23.5. The minimum Gasteiger partial charge on any atom is -0.347 e. The number of H-pyrrole nitrogens is 1. The number of imidazole rings is 1. The molecule has 0 saturated carbocycles. The van der Waals surface area contributed by atoms with Gasteiger partial charge in [-0.25, -0.2) is 4.98 Å². The molecule has 3 rings (SSSR count). The summed E-state index contributed by atoms with van der Waals surface area (Å²) >= 11 is 12.1. The fourth-order valence-corrected chi connectivity index (χ4v) is 3.16. The van der Waals surface area contributed by atoms with Crippen molar-refractivity contribution in [2.45, 2.75) is 25.9 Å². The van der Waals surface area contributed by atoms with E-state index in [9.17, 15) is 4.79 Å². The van der Waals surface area contributed by atoms with Crippen LogP contribution in [0.2, 0.25) is 10.0 Å². The number of rotatable bonds is 5. The number of carbonyl (C=O) groups is 1. The predicted octanol–water partition coefficient (Wildman–Crippen LogP) is 4.04. The van der Waals surface area contributed by atoms with Gasteiger partial charge in [0.15, 0.2) is 0 Å². The molecule has 0 aliphatic carbocycles. The summed E-state index contributed by atoms with van der Waals surface area (Å²) in [7, 11) is 0. The van der Waals surface area contributed by atoms with E-state index in [2.05, 4.69) is 9.97 Å². The lowest BCUT2D eigenvalue weighted by Crippen LogP contribution is -2.39. The monoisotopic (exact) mass is 366 g/mol. The van der Waals surface area contributed by atoms with E-state index in [1.54, 1.807) is 30.7 Å². The number of aromatic amines is 1. The van der Waals surface area contributed by atoms with Crippen LogP contribution in [-0.4, -0.2) is 26.6 Å². The predicted molar refractivity (Wildman–Crippen MR) is 90.8 cm³/mol. The summed E-state index contributed by atoms with van der Waals surface area (Å²) in [6.45, 7) is 4.34. The molecule has 1 aliphatic rings. The van der Waals surface area contributed by atoms with Crippen LogP contribution in [0.1, 0.15) is 37.3 Å². The third-order valence-corrected chi connectivity index (χ3v) is 4.73. The Kier molecular flexibility index (Phi) is 4.80. The molecule has 1 aromatic carbocycles. The first-order valence-corrected chi connectivity index (χ1v) is 8.09. The molecule has 0 bridgehead atoms. The molecule has 6 nitrogen and oxygen atoms in total. The molecular weight excluding hydrogens is 351 g/mol. The zero-order valence-electron chi connectivity index (χ0n) is 13.1. The van der Waals surface area contributed by atoms with Crippen LogP contribution in [0.15, 0.2) is 42.4 Å². The maximum Gasteiger partial charge on any atom is 0.322 e. The highest BCUT2D eigenvalue weighted by Crippen LogP contribution is 2.41. The average Bonchev–Trinajstić information content (AvgIpc) is 3.17. The first kappa shape index (κ1) is 16.8. The van der Waals surface area contributed by atoms with Gasteiger partial charge in [-0.1, -0.05) is 29.3 Å². The van der Waals surface area contributed by atoms with Crippen LogP contribution in [-0.2, 0) is 9.63 Å². The van der Waals surface area contributed by atoms with Crippen LogP contribution in [0, 0.1) is 0 Å². The minimum absolute atomic E-state index is 0.150. The molecule has 0 saturated heterocycles. The van der Waals surface area contributed by atoms with Gasteiger partial charge in [0.25, 0.3) is 0 Å². The summed E-state index contributed by atoms with van der Waals surface area (Å²) in [6, 6.07) is 5.11. The number of halogens is 2. The van der Waals surface area contributed by atoms with Crippen molar-refractivity contribution >= 4 is 29.7 Å². The van der Waals surface area contributed by atoms with Gasteiger partial charge < -0.3 is 9.82 Å². The van der Waals surface area contributed by atoms with Crippen molar-refractivity contribution in [1.29, 1.82) is 0 Å². The van der Waals surface area contributed by atoms with Crippen LogP contribution in [0.3, 0.4) is 0 Å². The number of nitrogens with one attached hydrogen (secondary N) is 1. The van der Waals surface area contributed by atoms with Crippen molar-refractivity contribution in [3.8, 4) is 0 Å². The van der Waals surface area contributed by atoms with E-state index in [-0.39, 0.29) is 12.1 Å². The Morgan fingerprint density at radius 1 is 1.38 bits per heavy atom. The Hall–Kier alpha value is -2.02. The molecule has 1 aromatic heterocycles. The van der Waals surface area contributed by atoms with Gasteiger partial charge in [-0.15, -0.1) is 5.17 Å². The van der Waals surface area contributed by atoms with Crippen molar-refractivity contribution in [3.63, 3.8) is 0 Å². The number of nitrogens with zero attached hydrogens (tertiary/aromatic N) is 3. The van der Waals surface area contributed by atoms with E-state index in [0.29, 0.717) is 16.5 Å². The number of hydroxylamine groups is 1. The smallest absolute Gasteiger partial charge is 0.322 e. The van der Waals surface area contributed by atoms with Gasteiger partial charge in [-0.3, -0.25) is 4.79 Å². The molecule has 1 N–H and O–H groups in total. The number of aromatic nitrogens is 2. The molecule has 0 spiro atoms. The fraction of sp³-hybridized carbons (Fsp3) is 0.250. The second kappa shape index (κ2) is 6.84. The SMILES string of the molecule is CC1=CN(OC=O)N(C(C)c2ccc(Cl)c(Cl)c2)C1c1ncc[nH]1. The van der Waals surface area contributed by atoms with Crippen molar-refractivity contribution in [2.24, 2.45) is 0 Å². The normalized spacial score (nSPS) is 19.2. The zero-order valence-corrected chi connectivity index (χ0v) is 14.6. The summed E-state index contributed by atoms with van der Waals surface area (Å²) in [5, 5.41) is 4.29. The van der Waals surface area contributed by atoms with Crippen molar-refractivity contribution in [3.05, 3.63) is 63.8 Å². The summed E-state index contributed by atoms with van der Waals surface area (Å²) < 4.78 is 0. The van der Waals surface area contributed by atoms with Gasteiger partial charge in [0.2, 0.25) is 0 Å². The van der Waals surface area contributed by atoms with Gasteiger partial charge in [-0.2, -0.15) is 5.01 Å². The van der Waals surface area contributed by atoms with Crippen LogP contribution in [0.4, 0.5) is 0 Å². The Balaban J connectivity index is 1.99. The van der Waals surface area contributed by atoms with Crippen LogP contribution in [0.5, 0.6) is 0 Å². The van der Waals surface area contributed by atoms with Crippen LogP contribution in [0.25, 0.3) is 0 Å². The molecule has 2 aromatic rings. The van der Waals surface area contributed by atoms with Gasteiger partial charge in [0.1, 0.15) is 11.9 Å². The average molecular weight is 367 g/mol. The lowest BCUT2D eigenvalue weighted by molar-refractivity contribution is -0.241. The second-order valence-corrected chi connectivity index (χ2v) is 6.30. The van der Waals surface area contributed by atoms with Gasteiger partial charge in [-0.05, 0) is 37.1 Å². The van der Waals surface area contributed by atoms with E-state index in [1.807, 2.05) is 24.9 Å². The summed E-state index contributed by atoms with van der Waals surface area (Å²) in [5.41, 5.74) is 1.92. The van der Waals surface area contributed by atoms with Crippen molar-refractivity contribution in [1.82, 2.24) is 20.1 Å². The molecule has 2 atom stereocenters. The van der Waals surface area contributed by atoms with Gasteiger partial charge in [0.05, 0.1) is 22.3 Å². The highest BCUT2D eigenvalue weighted by molar-refractivity contribution is 6.42. The van der Waals surface area contributed by atoms with Gasteiger partial charge >= 0.3 is 6.47 Å². The number of hydrogen-bond acceptors (Lipinski definition) is 5. The van der Waals surface area contributed by atoms with E-state index < -0.39 is 0 Å². The number of hydrazine groups is 1. The first-order valence-electron chi connectivity index (χ1n) is 7.33. The Bertz CT molecular complexity index is 763. The third kappa shape index (κ3) is 3.00. The molecule has 2 unspecified atom stereocenters. The maximum atomic E-state index is 10.9. The van der Waals surface area contributed by atoms with Gasteiger partial charge in [0, 0.05) is 12.4 Å². The molecule has 0 fully saturated rings. The Morgan fingerprint density at radius 3 is 2.79 bits per heavy atom. The third-order valence-electron chi connectivity index (χ3n) is 3.99. The molecular formula is C16H16Cl2N4O2. The molecule has 126 valence electrons. The lowest BCUT2D eigenvalue weighted by atomic mass is 10.0. The molecule has 2 heterocycles. The van der Waals surface area contributed by atoms with E-state index >= 15 is 0 Å². The van der Waals surface area contributed by atoms with Crippen molar-refractivity contribution < 1.29 is 9.63 Å². The largest absolute Gasteiger partial charge is 0.347 e. The minimum atomic E-state index is -0.190. The first-order chi connectivity index (χ1) is 11.5.